The molecule has 2 rings (SSSR count). The van der Waals surface area contributed by atoms with E-state index in [1.807, 2.05) is 0 Å². The maximum Gasteiger partial charge on any atom is 0.0434 e. The van der Waals surface area contributed by atoms with E-state index in [9.17, 15) is 0 Å². The lowest BCUT2D eigenvalue weighted by atomic mass is 10.1. The van der Waals surface area contributed by atoms with Crippen LogP contribution < -0.4 is 10.2 Å². The van der Waals surface area contributed by atoms with E-state index < -0.39 is 0 Å². The van der Waals surface area contributed by atoms with Gasteiger partial charge in [0.15, 0.2) is 0 Å². The van der Waals surface area contributed by atoms with Crippen LogP contribution in [0, 0.1) is 6.92 Å². The van der Waals surface area contributed by atoms with Gasteiger partial charge in [0, 0.05) is 31.9 Å². The molecular weight excluding hydrogens is 264 g/mol. The Balaban J connectivity index is 2.16. The van der Waals surface area contributed by atoms with Gasteiger partial charge in [-0.15, -0.1) is 0 Å². The fraction of sp³-hybridized carbons (Fsp3) is 0.412. The van der Waals surface area contributed by atoms with Crippen molar-refractivity contribution in [1.29, 1.82) is 0 Å². The lowest BCUT2D eigenvalue weighted by molar-refractivity contribution is 0.588. The first-order chi connectivity index (χ1) is 9.56. The molecule has 0 aliphatic rings. The normalized spacial score (nSPS) is 11.1. The van der Waals surface area contributed by atoms with Crippen molar-refractivity contribution in [3.8, 4) is 0 Å². The molecule has 0 aliphatic heterocycles. The summed E-state index contributed by atoms with van der Waals surface area (Å²) in [5, 5.41) is 7.88. The smallest absolute Gasteiger partial charge is 0.0434 e. The number of hydrogen-bond acceptors (Lipinski definition) is 3. The minimum absolute atomic E-state index is 0.505. The molecule has 20 heavy (non-hydrogen) atoms. The highest BCUT2D eigenvalue weighted by Crippen LogP contribution is 2.23. The number of benzene rings is 1. The van der Waals surface area contributed by atoms with E-state index in [0.717, 1.165) is 13.1 Å². The molecule has 0 amide bonds. The molecule has 0 spiro atoms. The van der Waals surface area contributed by atoms with Gasteiger partial charge >= 0.3 is 0 Å². The van der Waals surface area contributed by atoms with Gasteiger partial charge in [-0.1, -0.05) is 31.5 Å². The van der Waals surface area contributed by atoms with E-state index in [4.69, 9.17) is 0 Å². The van der Waals surface area contributed by atoms with E-state index in [1.54, 1.807) is 11.3 Å². The number of rotatable bonds is 6. The second kappa shape index (κ2) is 6.91. The third-order valence-corrected chi connectivity index (χ3v) is 4.08. The lowest BCUT2D eigenvalue weighted by Gasteiger charge is -2.23. The molecule has 0 unspecified atom stereocenters. The summed E-state index contributed by atoms with van der Waals surface area (Å²) in [5.41, 5.74) is 5.38. The summed E-state index contributed by atoms with van der Waals surface area (Å²) in [7, 11) is 2.17. The van der Waals surface area contributed by atoms with Crippen LogP contribution in [0.4, 0.5) is 5.69 Å². The van der Waals surface area contributed by atoms with Crippen molar-refractivity contribution in [2.24, 2.45) is 0 Å². The first-order valence-corrected chi connectivity index (χ1v) is 8.05. The van der Waals surface area contributed by atoms with Crippen molar-refractivity contribution in [2.75, 3.05) is 11.9 Å². The number of thiophene rings is 1. The molecule has 0 saturated heterocycles. The molecule has 0 radical (unpaired) electrons. The number of anilines is 1. The molecule has 2 aromatic rings. The number of nitrogens with zero attached hydrogens (tertiary/aromatic N) is 1. The largest absolute Gasteiger partial charge is 0.370 e. The number of nitrogens with one attached hydrogen (secondary N) is 1. The van der Waals surface area contributed by atoms with Gasteiger partial charge in [0.2, 0.25) is 0 Å². The number of aryl methyl sites for hydroxylation is 1. The van der Waals surface area contributed by atoms with Crippen molar-refractivity contribution in [2.45, 2.75) is 39.9 Å². The average molecular weight is 288 g/mol. The average Bonchev–Trinajstić information content (AvgIpc) is 2.89. The van der Waals surface area contributed by atoms with Crippen molar-refractivity contribution >= 4 is 17.0 Å². The van der Waals surface area contributed by atoms with Crippen LogP contribution in [0.5, 0.6) is 0 Å². The third kappa shape index (κ3) is 4.09. The first-order valence-electron chi connectivity index (χ1n) is 7.11. The zero-order chi connectivity index (χ0) is 14.5. The van der Waals surface area contributed by atoms with E-state index in [-0.39, 0.29) is 0 Å². The molecule has 0 aliphatic carbocycles. The summed E-state index contributed by atoms with van der Waals surface area (Å²) in [5.74, 6) is 0. The van der Waals surface area contributed by atoms with Crippen LogP contribution in [0.15, 0.2) is 35.0 Å². The van der Waals surface area contributed by atoms with Gasteiger partial charge in [-0.25, -0.2) is 0 Å². The topological polar surface area (TPSA) is 15.3 Å². The standard InChI is InChI=1S/C17H24N2S/c1-13(2)18-10-16-9-14(3)5-6-17(16)19(4)11-15-7-8-20-12-15/h5-9,12-13,18H,10-11H2,1-4H3. The molecule has 2 nitrogen and oxygen atoms in total. The number of hydrogen-bond donors (Lipinski definition) is 1. The Labute approximate surface area is 126 Å². The van der Waals surface area contributed by atoms with E-state index in [2.05, 4.69) is 73.1 Å². The highest BCUT2D eigenvalue weighted by molar-refractivity contribution is 7.07. The second-order valence-electron chi connectivity index (χ2n) is 5.66. The van der Waals surface area contributed by atoms with Crippen LogP contribution in [-0.4, -0.2) is 13.1 Å². The summed E-state index contributed by atoms with van der Waals surface area (Å²) in [6.07, 6.45) is 0. The predicted octanol–water partition coefficient (Wildman–Crippen LogP) is 4.19. The monoisotopic (exact) mass is 288 g/mol. The van der Waals surface area contributed by atoms with Gasteiger partial charge in [0.25, 0.3) is 0 Å². The zero-order valence-corrected chi connectivity index (χ0v) is 13.6. The molecular formula is C17H24N2S. The van der Waals surface area contributed by atoms with Crippen LogP contribution in [0.1, 0.15) is 30.5 Å². The molecule has 1 N–H and O–H groups in total. The molecule has 1 heterocycles. The molecule has 0 saturated carbocycles. The van der Waals surface area contributed by atoms with Crippen molar-refractivity contribution in [3.05, 3.63) is 51.7 Å². The Hall–Kier alpha value is -1.32. The van der Waals surface area contributed by atoms with Gasteiger partial charge < -0.3 is 10.2 Å². The summed E-state index contributed by atoms with van der Waals surface area (Å²) in [6.45, 7) is 8.40. The van der Waals surface area contributed by atoms with Gasteiger partial charge in [0.1, 0.15) is 0 Å². The van der Waals surface area contributed by atoms with Crippen molar-refractivity contribution < 1.29 is 0 Å². The van der Waals surface area contributed by atoms with Crippen LogP contribution in [0.2, 0.25) is 0 Å². The Morgan fingerprint density at radius 1 is 1.25 bits per heavy atom. The summed E-state index contributed by atoms with van der Waals surface area (Å²) >= 11 is 1.76. The molecule has 108 valence electrons. The zero-order valence-electron chi connectivity index (χ0n) is 12.8. The summed E-state index contributed by atoms with van der Waals surface area (Å²) in [6, 6.07) is 9.42. The third-order valence-electron chi connectivity index (χ3n) is 3.35. The van der Waals surface area contributed by atoms with Crippen molar-refractivity contribution in [1.82, 2.24) is 5.32 Å². The fourth-order valence-corrected chi connectivity index (χ4v) is 2.94. The molecule has 1 aromatic heterocycles. The Bertz CT molecular complexity index is 532. The summed E-state index contributed by atoms with van der Waals surface area (Å²) in [4.78, 5) is 2.33. The van der Waals surface area contributed by atoms with Gasteiger partial charge in [-0.2, -0.15) is 11.3 Å². The quantitative estimate of drug-likeness (QED) is 0.857. The molecule has 0 fully saturated rings. The Morgan fingerprint density at radius 3 is 2.70 bits per heavy atom. The maximum absolute atomic E-state index is 3.52. The molecule has 3 heteroatoms. The molecule has 0 bridgehead atoms. The van der Waals surface area contributed by atoms with Gasteiger partial charge in [0.05, 0.1) is 0 Å². The van der Waals surface area contributed by atoms with Crippen LogP contribution in [0.25, 0.3) is 0 Å². The maximum atomic E-state index is 3.52. The van der Waals surface area contributed by atoms with E-state index in [1.165, 1.54) is 22.4 Å². The highest BCUT2D eigenvalue weighted by atomic mass is 32.1. The van der Waals surface area contributed by atoms with Gasteiger partial charge in [-0.3, -0.25) is 0 Å². The second-order valence-corrected chi connectivity index (χ2v) is 6.44. The first kappa shape index (κ1) is 15.1. The minimum Gasteiger partial charge on any atom is -0.370 e. The van der Waals surface area contributed by atoms with E-state index >= 15 is 0 Å². The van der Waals surface area contributed by atoms with Crippen LogP contribution in [0.3, 0.4) is 0 Å². The molecule has 0 atom stereocenters. The Kier molecular flexibility index (Phi) is 5.21. The van der Waals surface area contributed by atoms with Crippen molar-refractivity contribution in [3.63, 3.8) is 0 Å². The van der Waals surface area contributed by atoms with Gasteiger partial charge in [-0.05, 0) is 40.9 Å². The summed E-state index contributed by atoms with van der Waals surface area (Å²) < 4.78 is 0. The molecule has 1 aromatic carbocycles. The fourth-order valence-electron chi connectivity index (χ4n) is 2.28. The minimum atomic E-state index is 0.505. The predicted molar refractivity (Wildman–Crippen MR) is 89.6 cm³/mol. The Morgan fingerprint density at radius 2 is 2.05 bits per heavy atom. The highest BCUT2D eigenvalue weighted by Gasteiger charge is 2.09. The van der Waals surface area contributed by atoms with E-state index in [0.29, 0.717) is 6.04 Å². The SMILES string of the molecule is Cc1ccc(N(C)Cc2ccsc2)c(CNC(C)C)c1. The van der Waals surface area contributed by atoms with Crippen LogP contribution >= 0.6 is 11.3 Å². The van der Waals surface area contributed by atoms with Crippen LogP contribution in [-0.2, 0) is 13.1 Å². The lowest BCUT2D eigenvalue weighted by Crippen LogP contribution is -2.24.